The summed E-state index contributed by atoms with van der Waals surface area (Å²) in [6, 6.07) is 16.2. The highest BCUT2D eigenvalue weighted by atomic mass is 32.1. The molecule has 8 heteroatoms. The van der Waals surface area contributed by atoms with E-state index in [-0.39, 0.29) is 6.54 Å². The number of hydrogen-bond acceptors (Lipinski definition) is 6. The Balaban J connectivity index is 1.54. The van der Waals surface area contributed by atoms with Gasteiger partial charge < -0.3 is 4.42 Å². The molecule has 134 valence electrons. The standard InChI is InChI=1S/C19H15N5O2S/c25-19(24(27)12-14-7-4-10-26-14)23-17-9-8-15-18(22-17)21-16(11-20-15)13-5-2-1-3-6-13/h1-11,27H,12H2,(H,21,22,23,25). The zero-order valence-electron chi connectivity index (χ0n) is 14.1. The van der Waals surface area contributed by atoms with Gasteiger partial charge in [-0.2, -0.15) is 0 Å². The number of nitrogens with one attached hydrogen (secondary N) is 1. The maximum absolute atomic E-state index is 12.3. The second-order valence-electron chi connectivity index (χ2n) is 5.73. The maximum atomic E-state index is 12.3. The van der Waals surface area contributed by atoms with Gasteiger partial charge in [0.25, 0.3) is 0 Å². The molecule has 0 atom stereocenters. The Morgan fingerprint density at radius 3 is 2.70 bits per heavy atom. The Hall–Kier alpha value is -3.39. The van der Waals surface area contributed by atoms with Crippen molar-refractivity contribution < 1.29 is 9.21 Å². The van der Waals surface area contributed by atoms with Crippen molar-refractivity contribution in [2.24, 2.45) is 0 Å². The van der Waals surface area contributed by atoms with Crippen molar-refractivity contribution in [2.45, 2.75) is 6.54 Å². The third kappa shape index (κ3) is 3.90. The lowest BCUT2D eigenvalue weighted by atomic mass is 10.2. The lowest BCUT2D eigenvalue weighted by Gasteiger charge is -2.14. The number of amides is 2. The summed E-state index contributed by atoms with van der Waals surface area (Å²) in [6.45, 7) is 0.230. The van der Waals surface area contributed by atoms with E-state index in [9.17, 15) is 4.79 Å². The molecule has 2 amide bonds. The van der Waals surface area contributed by atoms with E-state index in [0.29, 0.717) is 28.4 Å². The number of thiol groups is 1. The van der Waals surface area contributed by atoms with E-state index in [1.165, 1.54) is 4.31 Å². The fourth-order valence-corrected chi connectivity index (χ4v) is 2.70. The van der Waals surface area contributed by atoms with Crippen molar-refractivity contribution in [3.63, 3.8) is 0 Å². The van der Waals surface area contributed by atoms with Crippen LogP contribution in [0, 0.1) is 0 Å². The van der Waals surface area contributed by atoms with Crippen LogP contribution in [0.2, 0.25) is 0 Å². The summed E-state index contributed by atoms with van der Waals surface area (Å²) in [5.74, 6) is 0.996. The second kappa shape index (κ2) is 7.46. The fourth-order valence-electron chi connectivity index (χ4n) is 2.51. The number of pyridine rings is 1. The van der Waals surface area contributed by atoms with Gasteiger partial charge in [0.15, 0.2) is 5.65 Å². The number of carbonyl (C=O) groups excluding carboxylic acids is 1. The van der Waals surface area contributed by atoms with Crippen LogP contribution in [-0.2, 0) is 6.54 Å². The van der Waals surface area contributed by atoms with Crippen molar-refractivity contribution in [1.29, 1.82) is 0 Å². The molecule has 0 fully saturated rings. The lowest BCUT2D eigenvalue weighted by Crippen LogP contribution is -2.27. The van der Waals surface area contributed by atoms with Gasteiger partial charge in [0.1, 0.15) is 17.1 Å². The normalized spacial score (nSPS) is 10.7. The van der Waals surface area contributed by atoms with Crippen LogP contribution in [0.25, 0.3) is 22.4 Å². The van der Waals surface area contributed by atoms with Crippen LogP contribution in [0.5, 0.6) is 0 Å². The van der Waals surface area contributed by atoms with Gasteiger partial charge in [0.2, 0.25) is 0 Å². The summed E-state index contributed by atoms with van der Waals surface area (Å²) in [6.07, 6.45) is 3.25. The number of nitrogens with zero attached hydrogens (tertiary/aromatic N) is 4. The molecule has 0 aliphatic heterocycles. The van der Waals surface area contributed by atoms with E-state index in [4.69, 9.17) is 4.42 Å². The van der Waals surface area contributed by atoms with Crippen LogP contribution >= 0.6 is 12.8 Å². The van der Waals surface area contributed by atoms with Gasteiger partial charge in [0, 0.05) is 5.56 Å². The van der Waals surface area contributed by atoms with Gasteiger partial charge in [-0.3, -0.25) is 14.6 Å². The zero-order chi connectivity index (χ0) is 18.6. The third-order valence-corrected chi connectivity index (χ3v) is 4.15. The van der Waals surface area contributed by atoms with Crippen LogP contribution in [0.1, 0.15) is 5.76 Å². The largest absolute Gasteiger partial charge is 0.467 e. The molecule has 7 nitrogen and oxygen atoms in total. The topological polar surface area (TPSA) is 84.2 Å². The van der Waals surface area contributed by atoms with E-state index in [1.54, 1.807) is 36.7 Å². The van der Waals surface area contributed by atoms with Crippen molar-refractivity contribution in [2.75, 3.05) is 5.32 Å². The minimum Gasteiger partial charge on any atom is -0.467 e. The number of carbonyl (C=O) groups is 1. The highest BCUT2D eigenvalue weighted by molar-refractivity contribution is 7.78. The Bertz CT molecular complexity index is 1070. The average molecular weight is 377 g/mol. The second-order valence-corrected chi connectivity index (χ2v) is 6.21. The molecule has 4 aromatic rings. The number of anilines is 1. The van der Waals surface area contributed by atoms with Gasteiger partial charge >= 0.3 is 6.03 Å². The average Bonchev–Trinajstić information content (AvgIpc) is 3.21. The van der Waals surface area contributed by atoms with Gasteiger partial charge in [-0.25, -0.2) is 14.8 Å². The Morgan fingerprint density at radius 1 is 1.07 bits per heavy atom. The molecule has 0 bridgehead atoms. The smallest absolute Gasteiger partial charge is 0.333 e. The maximum Gasteiger partial charge on any atom is 0.333 e. The van der Waals surface area contributed by atoms with Gasteiger partial charge in [0.05, 0.1) is 24.7 Å². The first-order chi connectivity index (χ1) is 13.2. The van der Waals surface area contributed by atoms with Crippen LogP contribution in [0.4, 0.5) is 10.6 Å². The predicted molar refractivity (Wildman–Crippen MR) is 105 cm³/mol. The quantitative estimate of drug-likeness (QED) is 0.522. The first-order valence-corrected chi connectivity index (χ1v) is 8.58. The molecular weight excluding hydrogens is 362 g/mol. The predicted octanol–water partition coefficient (Wildman–Crippen LogP) is 4.16. The summed E-state index contributed by atoms with van der Waals surface area (Å²) in [5, 5.41) is 2.70. The zero-order valence-corrected chi connectivity index (χ0v) is 15.0. The molecule has 4 rings (SSSR count). The minimum atomic E-state index is -0.422. The summed E-state index contributed by atoms with van der Waals surface area (Å²) >= 11 is 4.18. The number of furan rings is 1. The molecule has 0 radical (unpaired) electrons. The number of rotatable bonds is 4. The molecule has 1 aromatic carbocycles. The van der Waals surface area contributed by atoms with Crippen LogP contribution in [0.15, 0.2) is 71.5 Å². The van der Waals surface area contributed by atoms with E-state index in [1.807, 2.05) is 30.3 Å². The monoisotopic (exact) mass is 377 g/mol. The molecule has 1 N–H and O–H groups in total. The number of aromatic nitrogens is 3. The first kappa shape index (κ1) is 17.0. The molecule has 3 aromatic heterocycles. The SMILES string of the molecule is O=C(Nc1ccc2ncc(-c3ccccc3)nc2n1)N(S)Cc1ccco1. The van der Waals surface area contributed by atoms with Crippen LogP contribution in [-0.4, -0.2) is 25.3 Å². The summed E-state index contributed by atoms with van der Waals surface area (Å²) < 4.78 is 6.42. The first-order valence-electron chi connectivity index (χ1n) is 8.18. The molecule has 0 aliphatic rings. The minimum absolute atomic E-state index is 0.230. The molecule has 0 saturated carbocycles. The fraction of sp³-hybridized carbons (Fsp3) is 0.0526. The Kier molecular flexibility index (Phi) is 4.71. The van der Waals surface area contributed by atoms with E-state index in [2.05, 4.69) is 33.1 Å². The highest BCUT2D eigenvalue weighted by Crippen LogP contribution is 2.19. The summed E-state index contributed by atoms with van der Waals surface area (Å²) in [4.78, 5) is 25.6. The number of fused-ring (bicyclic) bond motifs is 1. The van der Waals surface area contributed by atoms with Crippen molar-refractivity contribution in [1.82, 2.24) is 19.3 Å². The van der Waals surface area contributed by atoms with Gasteiger partial charge in [-0.15, -0.1) is 0 Å². The van der Waals surface area contributed by atoms with Crippen molar-refractivity contribution in [3.8, 4) is 11.3 Å². The number of benzene rings is 1. The Morgan fingerprint density at radius 2 is 1.93 bits per heavy atom. The Labute approximate surface area is 160 Å². The van der Waals surface area contributed by atoms with Crippen LogP contribution in [0.3, 0.4) is 0 Å². The van der Waals surface area contributed by atoms with E-state index < -0.39 is 6.03 Å². The third-order valence-electron chi connectivity index (χ3n) is 3.83. The van der Waals surface area contributed by atoms with Crippen molar-refractivity contribution >= 4 is 35.8 Å². The summed E-state index contributed by atoms with van der Waals surface area (Å²) in [7, 11) is 0. The molecule has 0 saturated heterocycles. The van der Waals surface area contributed by atoms with Gasteiger partial charge in [-0.1, -0.05) is 43.1 Å². The number of hydrogen-bond donors (Lipinski definition) is 2. The highest BCUT2D eigenvalue weighted by Gasteiger charge is 2.13. The number of urea groups is 1. The van der Waals surface area contributed by atoms with Crippen molar-refractivity contribution in [3.05, 3.63) is 72.8 Å². The lowest BCUT2D eigenvalue weighted by molar-refractivity contribution is 0.236. The molecule has 0 aliphatic carbocycles. The molecule has 27 heavy (non-hydrogen) atoms. The van der Waals surface area contributed by atoms with Gasteiger partial charge in [-0.05, 0) is 24.3 Å². The molecule has 0 unspecified atom stereocenters. The molecule has 0 spiro atoms. The van der Waals surface area contributed by atoms with E-state index in [0.717, 1.165) is 5.56 Å². The molecule has 3 heterocycles. The summed E-state index contributed by atoms with van der Waals surface area (Å²) in [5.41, 5.74) is 2.76. The van der Waals surface area contributed by atoms with E-state index >= 15 is 0 Å². The molecular formula is C19H15N5O2S. The van der Waals surface area contributed by atoms with Crippen LogP contribution < -0.4 is 5.32 Å².